The molecular formula is C31H36FN5OS. The Labute approximate surface area is 234 Å². The van der Waals surface area contributed by atoms with Gasteiger partial charge in [-0.15, -0.1) is 0 Å². The topological polar surface area (TPSA) is 113 Å². The minimum Gasteiger partial charge on any atom is -0.355 e. The lowest BCUT2D eigenvalue weighted by atomic mass is 9.70. The van der Waals surface area contributed by atoms with Gasteiger partial charge in [0, 0.05) is 29.1 Å². The first-order chi connectivity index (χ1) is 18.6. The standard InChI is InChI=1S/C31H36FN5OS/c1-5-6-7-11-14-26(32)17-15-22(2)36-27-18-16-24(19-25(27)20-33)28(23-12-9-8-10-13-23)31(3,4)29(38)37-30(35)39-21-34/h6-10,12-21,28,33-34,36H,2,5,11H2,1,3-4H3,(H2,35,37,38)/b7-6+,17-15-,26-14+,33-20?,34-21?/t28-/m0/s1. The monoisotopic (exact) mass is 545 g/mol. The molecule has 0 spiro atoms. The number of benzene rings is 2. The molecule has 39 heavy (non-hydrogen) atoms. The summed E-state index contributed by atoms with van der Waals surface area (Å²) < 4.78 is 14.1. The zero-order chi connectivity index (χ0) is 28.8. The quantitative estimate of drug-likeness (QED) is 0.0762. The van der Waals surface area contributed by atoms with Crippen LogP contribution in [0.5, 0.6) is 0 Å². The summed E-state index contributed by atoms with van der Waals surface area (Å²) in [4.78, 5) is 13.3. The van der Waals surface area contributed by atoms with Gasteiger partial charge in [0.1, 0.15) is 5.83 Å². The average molecular weight is 546 g/mol. The van der Waals surface area contributed by atoms with E-state index >= 15 is 0 Å². The molecular weight excluding hydrogens is 509 g/mol. The molecule has 0 aromatic heterocycles. The number of hydrogen-bond donors (Lipinski definition) is 5. The smallest absolute Gasteiger partial charge is 0.232 e. The molecule has 204 valence electrons. The fourth-order valence-corrected chi connectivity index (χ4v) is 4.32. The van der Waals surface area contributed by atoms with E-state index in [0.717, 1.165) is 34.9 Å². The second kappa shape index (κ2) is 15.4. The summed E-state index contributed by atoms with van der Waals surface area (Å²) in [5.74, 6) is -1.11. The van der Waals surface area contributed by atoms with Crippen molar-refractivity contribution in [2.75, 3.05) is 5.32 Å². The maximum Gasteiger partial charge on any atom is 0.232 e. The summed E-state index contributed by atoms with van der Waals surface area (Å²) >= 11 is 0.815. The number of carbonyl (C=O) groups excluding carboxylic acids is 1. The third kappa shape index (κ3) is 9.33. The number of carbonyl (C=O) groups is 1. The molecule has 2 aromatic carbocycles. The van der Waals surface area contributed by atoms with Crippen LogP contribution in [0.4, 0.5) is 10.1 Å². The summed E-state index contributed by atoms with van der Waals surface area (Å²) in [6.45, 7) is 9.59. The molecule has 0 fully saturated rings. The molecule has 1 amide bonds. The van der Waals surface area contributed by atoms with E-state index in [4.69, 9.17) is 16.2 Å². The van der Waals surface area contributed by atoms with E-state index in [0.29, 0.717) is 23.4 Å². The minimum atomic E-state index is -0.979. The Morgan fingerprint density at radius 2 is 1.82 bits per heavy atom. The minimum absolute atomic E-state index is 0.120. The van der Waals surface area contributed by atoms with E-state index in [-0.39, 0.29) is 16.9 Å². The predicted molar refractivity (Wildman–Crippen MR) is 164 cm³/mol. The van der Waals surface area contributed by atoms with Crippen molar-refractivity contribution in [3.63, 3.8) is 0 Å². The van der Waals surface area contributed by atoms with Gasteiger partial charge in [-0.25, -0.2) is 4.39 Å². The summed E-state index contributed by atoms with van der Waals surface area (Å²) in [5, 5.41) is 28.7. The van der Waals surface area contributed by atoms with Crippen molar-refractivity contribution in [2.24, 2.45) is 5.41 Å². The second-order valence-corrected chi connectivity index (χ2v) is 10.1. The van der Waals surface area contributed by atoms with Crippen LogP contribution >= 0.6 is 11.8 Å². The number of hydrogen-bond acceptors (Lipinski definition) is 6. The van der Waals surface area contributed by atoms with E-state index < -0.39 is 11.3 Å². The largest absolute Gasteiger partial charge is 0.355 e. The molecule has 5 N–H and O–H groups in total. The van der Waals surface area contributed by atoms with Crippen molar-refractivity contribution in [1.82, 2.24) is 5.32 Å². The Kier molecular flexibility index (Phi) is 12.3. The number of halogens is 1. The third-order valence-electron chi connectivity index (χ3n) is 6.00. The summed E-state index contributed by atoms with van der Waals surface area (Å²) in [6.07, 6.45) is 10.9. The summed E-state index contributed by atoms with van der Waals surface area (Å²) in [6, 6.07) is 15.1. The van der Waals surface area contributed by atoms with Gasteiger partial charge in [0.2, 0.25) is 5.91 Å². The van der Waals surface area contributed by atoms with E-state index in [1.165, 1.54) is 18.4 Å². The van der Waals surface area contributed by atoms with Crippen LogP contribution in [0.15, 0.2) is 97.0 Å². The number of anilines is 1. The van der Waals surface area contributed by atoms with E-state index in [2.05, 4.69) is 17.2 Å². The van der Waals surface area contributed by atoms with Crippen LogP contribution in [0.3, 0.4) is 0 Å². The number of amidine groups is 1. The van der Waals surface area contributed by atoms with Crippen molar-refractivity contribution in [3.05, 3.63) is 114 Å². The highest BCUT2D eigenvalue weighted by molar-refractivity contribution is 8.24. The molecule has 0 heterocycles. The van der Waals surface area contributed by atoms with Crippen molar-refractivity contribution in [1.29, 1.82) is 16.2 Å². The van der Waals surface area contributed by atoms with Gasteiger partial charge in [0.15, 0.2) is 5.17 Å². The normalized spacial score (nSPS) is 12.8. The fraction of sp³-hybridized carbons (Fsp3) is 0.226. The molecule has 8 heteroatoms. The van der Waals surface area contributed by atoms with Gasteiger partial charge in [-0.2, -0.15) is 0 Å². The molecule has 0 aliphatic heterocycles. The number of amides is 1. The van der Waals surface area contributed by atoms with Gasteiger partial charge >= 0.3 is 0 Å². The molecule has 0 aliphatic rings. The van der Waals surface area contributed by atoms with Crippen molar-refractivity contribution < 1.29 is 9.18 Å². The lowest BCUT2D eigenvalue weighted by molar-refractivity contribution is -0.128. The van der Waals surface area contributed by atoms with Gasteiger partial charge in [-0.05, 0) is 66.1 Å². The van der Waals surface area contributed by atoms with Gasteiger partial charge in [-0.1, -0.05) is 75.9 Å². The van der Waals surface area contributed by atoms with Gasteiger partial charge in [-0.3, -0.25) is 10.2 Å². The fourth-order valence-electron chi connectivity index (χ4n) is 4.06. The van der Waals surface area contributed by atoms with Crippen LogP contribution in [0.25, 0.3) is 0 Å². The highest BCUT2D eigenvalue weighted by atomic mass is 32.2. The molecule has 0 saturated heterocycles. The molecule has 0 unspecified atom stereocenters. The lowest BCUT2D eigenvalue weighted by Gasteiger charge is -2.34. The average Bonchev–Trinajstić information content (AvgIpc) is 2.91. The molecule has 2 aromatic rings. The Hall–Kier alpha value is -4.04. The van der Waals surface area contributed by atoms with Crippen molar-refractivity contribution in [3.8, 4) is 0 Å². The maximum absolute atomic E-state index is 14.1. The number of thioether (sulfide) groups is 1. The molecule has 1 atom stereocenters. The van der Waals surface area contributed by atoms with Crippen LogP contribution in [-0.4, -0.2) is 22.8 Å². The second-order valence-electron chi connectivity index (χ2n) is 9.26. The first-order valence-electron chi connectivity index (χ1n) is 12.5. The summed E-state index contributed by atoms with van der Waals surface area (Å²) in [5.41, 5.74) is 3.39. The van der Waals surface area contributed by atoms with Crippen molar-refractivity contribution >= 4 is 40.3 Å². The van der Waals surface area contributed by atoms with Gasteiger partial charge in [0.25, 0.3) is 0 Å². The first kappa shape index (κ1) is 31.2. The zero-order valence-corrected chi connectivity index (χ0v) is 23.4. The van der Waals surface area contributed by atoms with Crippen LogP contribution < -0.4 is 10.6 Å². The van der Waals surface area contributed by atoms with Crippen LogP contribution in [-0.2, 0) is 4.79 Å². The zero-order valence-electron chi connectivity index (χ0n) is 22.6. The van der Waals surface area contributed by atoms with E-state index in [9.17, 15) is 9.18 Å². The molecule has 0 aliphatic carbocycles. The Balaban J connectivity index is 2.36. The number of rotatable bonds is 13. The maximum atomic E-state index is 14.1. The molecule has 2 rings (SSSR count). The van der Waals surface area contributed by atoms with Crippen LogP contribution in [0, 0.1) is 21.6 Å². The van der Waals surface area contributed by atoms with Gasteiger partial charge < -0.3 is 21.5 Å². The van der Waals surface area contributed by atoms with E-state index in [1.807, 2.05) is 81.5 Å². The molecule has 0 radical (unpaired) electrons. The lowest BCUT2D eigenvalue weighted by Crippen LogP contribution is -2.43. The van der Waals surface area contributed by atoms with Crippen molar-refractivity contribution in [2.45, 2.75) is 39.5 Å². The van der Waals surface area contributed by atoms with E-state index in [1.54, 1.807) is 6.08 Å². The Morgan fingerprint density at radius 1 is 1.10 bits per heavy atom. The highest BCUT2D eigenvalue weighted by Gasteiger charge is 2.39. The van der Waals surface area contributed by atoms with Crippen LogP contribution in [0.1, 0.15) is 56.2 Å². The number of allylic oxidation sites excluding steroid dienone is 6. The first-order valence-corrected chi connectivity index (χ1v) is 13.4. The molecule has 6 nitrogen and oxygen atoms in total. The molecule has 0 bridgehead atoms. The highest BCUT2D eigenvalue weighted by Crippen LogP contribution is 2.42. The number of nitrogens with one attached hydrogen (secondary N) is 5. The Bertz CT molecular complexity index is 1280. The third-order valence-corrected chi connectivity index (χ3v) is 6.45. The van der Waals surface area contributed by atoms with Crippen LogP contribution in [0.2, 0.25) is 0 Å². The SMILES string of the molecule is C=C(/C=C\C(F)=C/C/C=C/CC)Nc1ccc([C@H](c2ccccc2)C(C)(C)C(=O)NC(=N)SC=N)cc1C=N. The van der Waals surface area contributed by atoms with Gasteiger partial charge in [0.05, 0.1) is 11.0 Å². The predicted octanol–water partition coefficient (Wildman–Crippen LogP) is 7.93. The Morgan fingerprint density at radius 3 is 2.46 bits per heavy atom. The summed E-state index contributed by atoms with van der Waals surface area (Å²) in [7, 11) is 0. The molecule has 0 saturated carbocycles.